The van der Waals surface area contributed by atoms with E-state index in [1.165, 1.54) is 16.7 Å². The van der Waals surface area contributed by atoms with E-state index < -0.39 is 0 Å². The molecular formula is C16H25NO. The Morgan fingerprint density at radius 2 is 1.94 bits per heavy atom. The molecule has 0 bridgehead atoms. The third kappa shape index (κ3) is 2.60. The highest BCUT2D eigenvalue weighted by molar-refractivity contribution is 5.37. The standard InChI is InChI=1S/C16H25NO/c1-12-4-5-15(13(2)10-12)16(11-17-3)8-6-14(18)7-9-16/h4-5,10,14,17-18H,6-9,11H2,1-3H3. The van der Waals surface area contributed by atoms with Gasteiger partial charge in [0.25, 0.3) is 0 Å². The molecule has 1 aromatic rings. The van der Waals surface area contributed by atoms with Gasteiger partial charge in [-0.1, -0.05) is 23.8 Å². The van der Waals surface area contributed by atoms with Crippen LogP contribution in [0.15, 0.2) is 18.2 Å². The van der Waals surface area contributed by atoms with Gasteiger partial charge >= 0.3 is 0 Å². The van der Waals surface area contributed by atoms with E-state index in [4.69, 9.17) is 0 Å². The molecule has 1 aliphatic rings. The number of hydrogen-bond acceptors (Lipinski definition) is 2. The quantitative estimate of drug-likeness (QED) is 0.860. The van der Waals surface area contributed by atoms with Gasteiger partial charge in [0.2, 0.25) is 0 Å². The van der Waals surface area contributed by atoms with Gasteiger partial charge in [0.15, 0.2) is 0 Å². The van der Waals surface area contributed by atoms with E-state index in [0.717, 1.165) is 32.2 Å². The lowest BCUT2D eigenvalue weighted by atomic mass is 9.67. The van der Waals surface area contributed by atoms with Crippen LogP contribution in [-0.2, 0) is 5.41 Å². The van der Waals surface area contributed by atoms with Crippen molar-refractivity contribution >= 4 is 0 Å². The molecule has 0 atom stereocenters. The molecule has 2 heteroatoms. The van der Waals surface area contributed by atoms with Gasteiger partial charge in [-0.3, -0.25) is 0 Å². The number of aliphatic hydroxyl groups is 1. The minimum atomic E-state index is -0.0965. The molecule has 1 aliphatic carbocycles. The van der Waals surface area contributed by atoms with E-state index in [1.807, 2.05) is 7.05 Å². The van der Waals surface area contributed by atoms with Gasteiger partial charge in [0.1, 0.15) is 0 Å². The Labute approximate surface area is 110 Å². The second kappa shape index (κ2) is 5.41. The van der Waals surface area contributed by atoms with E-state index >= 15 is 0 Å². The fourth-order valence-electron chi connectivity index (χ4n) is 3.44. The Kier molecular flexibility index (Phi) is 4.08. The molecule has 100 valence electrons. The average molecular weight is 247 g/mol. The summed E-state index contributed by atoms with van der Waals surface area (Å²) in [5, 5.41) is 13.1. The number of aliphatic hydroxyl groups excluding tert-OH is 1. The lowest BCUT2D eigenvalue weighted by Crippen LogP contribution is -2.41. The van der Waals surface area contributed by atoms with Crippen molar-refractivity contribution < 1.29 is 5.11 Å². The van der Waals surface area contributed by atoms with Gasteiger partial charge in [-0.05, 0) is 57.7 Å². The van der Waals surface area contributed by atoms with Crippen LogP contribution in [0, 0.1) is 13.8 Å². The molecule has 1 aromatic carbocycles. The summed E-state index contributed by atoms with van der Waals surface area (Å²) in [6.07, 6.45) is 3.92. The molecule has 18 heavy (non-hydrogen) atoms. The third-order valence-electron chi connectivity index (χ3n) is 4.38. The summed E-state index contributed by atoms with van der Waals surface area (Å²) in [5.74, 6) is 0. The summed E-state index contributed by atoms with van der Waals surface area (Å²) < 4.78 is 0. The van der Waals surface area contributed by atoms with Gasteiger partial charge in [-0.2, -0.15) is 0 Å². The summed E-state index contributed by atoms with van der Waals surface area (Å²) in [5.41, 5.74) is 4.40. The molecule has 2 rings (SSSR count). The van der Waals surface area contributed by atoms with Crippen molar-refractivity contribution in [3.8, 4) is 0 Å². The van der Waals surface area contributed by atoms with Crippen molar-refractivity contribution in [1.82, 2.24) is 5.32 Å². The van der Waals surface area contributed by atoms with Gasteiger partial charge in [0, 0.05) is 12.0 Å². The number of aryl methyl sites for hydroxylation is 2. The number of nitrogens with one attached hydrogen (secondary N) is 1. The molecule has 0 unspecified atom stereocenters. The Hall–Kier alpha value is -0.860. The first-order valence-electron chi connectivity index (χ1n) is 6.98. The maximum absolute atomic E-state index is 9.75. The molecule has 1 saturated carbocycles. The molecule has 2 N–H and O–H groups in total. The van der Waals surface area contributed by atoms with Crippen molar-refractivity contribution in [2.24, 2.45) is 0 Å². The second-order valence-electron chi connectivity index (χ2n) is 5.86. The minimum absolute atomic E-state index is 0.0965. The third-order valence-corrected chi connectivity index (χ3v) is 4.38. The van der Waals surface area contributed by atoms with Gasteiger partial charge in [-0.25, -0.2) is 0 Å². The highest BCUT2D eigenvalue weighted by Crippen LogP contribution is 2.40. The fourth-order valence-corrected chi connectivity index (χ4v) is 3.44. The minimum Gasteiger partial charge on any atom is -0.393 e. The molecule has 0 spiro atoms. The van der Waals surface area contributed by atoms with E-state index in [0.29, 0.717) is 0 Å². The highest BCUT2D eigenvalue weighted by Gasteiger charge is 2.36. The molecule has 0 saturated heterocycles. The summed E-state index contributed by atoms with van der Waals surface area (Å²) in [4.78, 5) is 0. The molecule has 0 aromatic heterocycles. The average Bonchev–Trinajstić information content (AvgIpc) is 2.33. The van der Waals surface area contributed by atoms with Crippen LogP contribution < -0.4 is 5.32 Å². The van der Waals surface area contributed by atoms with Crippen LogP contribution in [0.4, 0.5) is 0 Å². The Morgan fingerprint density at radius 1 is 1.28 bits per heavy atom. The van der Waals surface area contributed by atoms with Gasteiger partial charge in [0.05, 0.1) is 6.10 Å². The predicted molar refractivity (Wildman–Crippen MR) is 76.0 cm³/mol. The normalized spacial score (nSPS) is 28.3. The molecular weight excluding hydrogens is 222 g/mol. The summed E-state index contributed by atoms with van der Waals surface area (Å²) in [6.45, 7) is 5.36. The molecule has 1 fully saturated rings. The zero-order chi connectivity index (χ0) is 13.2. The van der Waals surface area contributed by atoms with Crippen molar-refractivity contribution in [3.05, 3.63) is 34.9 Å². The second-order valence-corrected chi connectivity index (χ2v) is 5.86. The Bertz CT molecular complexity index is 406. The van der Waals surface area contributed by atoms with Gasteiger partial charge in [-0.15, -0.1) is 0 Å². The molecule has 0 aliphatic heterocycles. The maximum atomic E-state index is 9.75. The van der Waals surface area contributed by atoms with Gasteiger partial charge < -0.3 is 10.4 Å². The summed E-state index contributed by atoms with van der Waals surface area (Å²) >= 11 is 0. The van der Waals surface area contributed by atoms with E-state index in [-0.39, 0.29) is 11.5 Å². The number of hydrogen-bond donors (Lipinski definition) is 2. The molecule has 0 amide bonds. The summed E-state index contributed by atoms with van der Waals surface area (Å²) in [7, 11) is 2.02. The topological polar surface area (TPSA) is 32.3 Å². The van der Waals surface area contributed by atoms with E-state index in [1.54, 1.807) is 0 Å². The van der Waals surface area contributed by atoms with Crippen LogP contribution in [0.3, 0.4) is 0 Å². The van der Waals surface area contributed by atoms with Crippen molar-refractivity contribution in [3.63, 3.8) is 0 Å². The van der Waals surface area contributed by atoms with Crippen LogP contribution in [0.1, 0.15) is 42.4 Å². The zero-order valence-electron chi connectivity index (χ0n) is 11.8. The molecule has 2 nitrogen and oxygen atoms in total. The van der Waals surface area contributed by atoms with Crippen molar-refractivity contribution in [1.29, 1.82) is 0 Å². The molecule has 0 radical (unpaired) electrons. The monoisotopic (exact) mass is 247 g/mol. The highest BCUT2D eigenvalue weighted by atomic mass is 16.3. The number of benzene rings is 1. The lowest BCUT2D eigenvalue weighted by Gasteiger charge is -2.40. The first-order chi connectivity index (χ1) is 8.57. The molecule has 0 heterocycles. The van der Waals surface area contributed by atoms with Crippen molar-refractivity contribution in [2.45, 2.75) is 51.0 Å². The predicted octanol–water partition coefficient (Wildman–Crippen LogP) is 2.70. The van der Waals surface area contributed by atoms with Crippen LogP contribution in [0.5, 0.6) is 0 Å². The summed E-state index contributed by atoms with van der Waals surface area (Å²) in [6, 6.07) is 6.78. The van der Waals surface area contributed by atoms with Crippen LogP contribution in [-0.4, -0.2) is 24.8 Å². The SMILES string of the molecule is CNCC1(c2ccc(C)cc2C)CCC(O)CC1. The van der Waals surface area contributed by atoms with E-state index in [2.05, 4.69) is 37.4 Å². The van der Waals surface area contributed by atoms with Crippen LogP contribution >= 0.6 is 0 Å². The smallest absolute Gasteiger partial charge is 0.0541 e. The van der Waals surface area contributed by atoms with Crippen LogP contribution in [0.2, 0.25) is 0 Å². The number of likely N-dealkylation sites (N-methyl/N-ethyl adjacent to an activating group) is 1. The van der Waals surface area contributed by atoms with Crippen molar-refractivity contribution in [2.75, 3.05) is 13.6 Å². The Balaban J connectivity index is 2.34. The lowest BCUT2D eigenvalue weighted by molar-refractivity contribution is 0.0950. The first kappa shape index (κ1) is 13.6. The number of rotatable bonds is 3. The largest absolute Gasteiger partial charge is 0.393 e. The zero-order valence-corrected chi connectivity index (χ0v) is 11.8. The van der Waals surface area contributed by atoms with Crippen LogP contribution in [0.25, 0.3) is 0 Å². The van der Waals surface area contributed by atoms with E-state index in [9.17, 15) is 5.11 Å². The first-order valence-corrected chi connectivity index (χ1v) is 6.98. The fraction of sp³-hybridized carbons (Fsp3) is 0.625. The maximum Gasteiger partial charge on any atom is 0.0541 e. The Morgan fingerprint density at radius 3 is 2.50 bits per heavy atom.